The number of piperidine rings is 2. The lowest BCUT2D eigenvalue weighted by Gasteiger charge is -2.38. The largest absolute Gasteiger partial charge is 0.362 e. The van der Waals surface area contributed by atoms with E-state index >= 15 is 0 Å². The second kappa shape index (κ2) is 19.3. The van der Waals surface area contributed by atoms with Gasteiger partial charge in [0.05, 0.1) is 59.7 Å². The topological polar surface area (TPSA) is 200 Å². The SMILES string of the molecule is C[C@@H]1CC[C@@H](N)CN1C(=O)c1ccccc1-n1nccn1.C[C@@H]1CC[C@@H](Nc2nccn3c(Cl)cnc23)CN1C(=O)c1ccccc1-n1nccn1.Clc1nccn2c(Cl)cnc12. The lowest BCUT2D eigenvalue weighted by molar-refractivity contribution is 0.0608. The fourth-order valence-electron chi connectivity index (χ4n) is 7.62. The van der Waals surface area contributed by atoms with Gasteiger partial charge in [0.1, 0.15) is 10.3 Å². The molecular formula is C42H43Cl3N16O2. The highest BCUT2D eigenvalue weighted by Crippen LogP contribution is 2.26. The maximum Gasteiger partial charge on any atom is 0.256 e. The van der Waals surface area contributed by atoms with Gasteiger partial charge in [-0.05, 0) is 63.8 Å². The molecule has 6 aromatic heterocycles. The van der Waals surface area contributed by atoms with Crippen LogP contribution in [0.15, 0.2) is 110 Å². The number of benzene rings is 2. The first kappa shape index (κ1) is 43.2. The Bertz CT molecular complexity index is 2810. The zero-order valence-electron chi connectivity index (χ0n) is 34.2. The molecule has 18 nitrogen and oxygen atoms in total. The Balaban J connectivity index is 0.000000146. The van der Waals surface area contributed by atoms with Crippen molar-refractivity contribution in [2.75, 3.05) is 18.4 Å². The number of rotatable bonds is 6. The van der Waals surface area contributed by atoms with Gasteiger partial charge in [-0.25, -0.2) is 19.9 Å². The first-order valence-corrected chi connectivity index (χ1v) is 21.4. The molecule has 63 heavy (non-hydrogen) atoms. The third-order valence-electron chi connectivity index (χ3n) is 10.9. The van der Waals surface area contributed by atoms with Crippen LogP contribution in [-0.4, -0.2) is 118 Å². The molecule has 0 unspecified atom stereocenters. The van der Waals surface area contributed by atoms with Crippen LogP contribution in [0, 0.1) is 0 Å². The van der Waals surface area contributed by atoms with E-state index in [-0.39, 0.29) is 36.0 Å². The zero-order valence-corrected chi connectivity index (χ0v) is 36.5. The fraction of sp³-hybridized carbons (Fsp3) is 0.286. The summed E-state index contributed by atoms with van der Waals surface area (Å²) in [4.78, 5) is 49.7. The molecule has 2 fully saturated rings. The van der Waals surface area contributed by atoms with Crippen molar-refractivity contribution >= 4 is 63.7 Å². The highest BCUT2D eigenvalue weighted by Gasteiger charge is 2.32. The van der Waals surface area contributed by atoms with Crippen molar-refractivity contribution in [2.45, 2.75) is 63.7 Å². The van der Waals surface area contributed by atoms with Crippen LogP contribution in [-0.2, 0) is 0 Å². The van der Waals surface area contributed by atoms with Gasteiger partial charge in [-0.1, -0.05) is 59.1 Å². The Labute approximate surface area is 376 Å². The second-order valence-electron chi connectivity index (χ2n) is 15.1. The smallest absolute Gasteiger partial charge is 0.256 e. The normalized spacial score (nSPS) is 18.6. The number of nitrogens with one attached hydrogen (secondary N) is 1. The number of para-hydroxylation sites is 2. The van der Waals surface area contributed by atoms with Crippen molar-refractivity contribution in [3.05, 3.63) is 137 Å². The summed E-state index contributed by atoms with van der Waals surface area (Å²) in [6.07, 6.45) is 20.0. The maximum atomic E-state index is 13.5. The molecule has 2 aliphatic heterocycles. The van der Waals surface area contributed by atoms with E-state index in [2.05, 4.69) is 59.5 Å². The Morgan fingerprint density at radius 2 is 1.11 bits per heavy atom. The average molecular weight is 910 g/mol. The molecule has 2 aliphatic rings. The van der Waals surface area contributed by atoms with Gasteiger partial charge < -0.3 is 20.9 Å². The van der Waals surface area contributed by atoms with Crippen LogP contribution in [0.5, 0.6) is 0 Å². The molecule has 2 aromatic carbocycles. The number of imidazole rings is 2. The Hall–Kier alpha value is -6.47. The Morgan fingerprint density at radius 3 is 1.68 bits per heavy atom. The summed E-state index contributed by atoms with van der Waals surface area (Å²) >= 11 is 17.7. The number of nitrogens with zero attached hydrogens (tertiary/aromatic N) is 14. The predicted molar refractivity (Wildman–Crippen MR) is 239 cm³/mol. The number of fused-ring (bicyclic) bond motifs is 2. The van der Waals surface area contributed by atoms with E-state index in [0.29, 0.717) is 68.2 Å². The van der Waals surface area contributed by atoms with E-state index < -0.39 is 0 Å². The van der Waals surface area contributed by atoms with Gasteiger partial charge in [0.2, 0.25) is 0 Å². The maximum absolute atomic E-state index is 13.5. The van der Waals surface area contributed by atoms with Crippen LogP contribution in [0.25, 0.3) is 22.7 Å². The quantitative estimate of drug-likeness (QED) is 0.188. The first-order chi connectivity index (χ1) is 30.6. The molecule has 8 aromatic rings. The number of amides is 2. The summed E-state index contributed by atoms with van der Waals surface area (Å²) in [5.41, 5.74) is 9.80. The number of carbonyl (C=O) groups is 2. The number of anilines is 1. The third kappa shape index (κ3) is 9.48. The fourth-order valence-corrected chi connectivity index (χ4v) is 8.18. The van der Waals surface area contributed by atoms with Crippen LogP contribution >= 0.6 is 34.8 Å². The van der Waals surface area contributed by atoms with Crippen LogP contribution in [0.2, 0.25) is 15.5 Å². The predicted octanol–water partition coefficient (Wildman–Crippen LogP) is 6.32. The number of halogens is 3. The Kier molecular flexibility index (Phi) is 13.2. The lowest BCUT2D eigenvalue weighted by Crippen LogP contribution is -2.50. The number of nitrogens with two attached hydrogens (primary N) is 1. The van der Waals surface area contributed by atoms with Crippen molar-refractivity contribution in [1.29, 1.82) is 0 Å². The van der Waals surface area contributed by atoms with Crippen molar-refractivity contribution in [3.8, 4) is 11.4 Å². The van der Waals surface area contributed by atoms with Gasteiger partial charge in [-0.3, -0.25) is 18.4 Å². The zero-order chi connectivity index (χ0) is 44.0. The second-order valence-corrected chi connectivity index (χ2v) is 16.2. The number of aromatic nitrogens is 12. The molecule has 4 atom stereocenters. The van der Waals surface area contributed by atoms with Crippen molar-refractivity contribution < 1.29 is 9.59 Å². The molecular weight excluding hydrogens is 867 g/mol. The number of hydrogen-bond acceptors (Lipinski definition) is 12. The number of hydrogen-bond donors (Lipinski definition) is 2. The molecule has 21 heteroatoms. The average Bonchev–Trinajstić information content (AvgIpc) is 4.16. The van der Waals surface area contributed by atoms with Gasteiger partial charge in [-0.2, -0.15) is 30.0 Å². The van der Waals surface area contributed by atoms with Gasteiger partial charge in [-0.15, -0.1) is 0 Å². The van der Waals surface area contributed by atoms with Crippen LogP contribution in [0.3, 0.4) is 0 Å². The highest BCUT2D eigenvalue weighted by molar-refractivity contribution is 6.33. The number of likely N-dealkylation sites (tertiary alicyclic amines) is 2. The summed E-state index contributed by atoms with van der Waals surface area (Å²) < 4.78 is 3.44. The van der Waals surface area contributed by atoms with E-state index in [9.17, 15) is 9.59 Å². The molecule has 2 saturated heterocycles. The van der Waals surface area contributed by atoms with E-state index in [4.69, 9.17) is 40.5 Å². The summed E-state index contributed by atoms with van der Waals surface area (Å²) in [6, 6.07) is 15.2. The van der Waals surface area contributed by atoms with Gasteiger partial charge in [0.25, 0.3) is 11.8 Å². The highest BCUT2D eigenvalue weighted by atomic mass is 35.5. The van der Waals surface area contributed by atoms with Crippen LogP contribution in [0.4, 0.5) is 5.82 Å². The lowest BCUT2D eigenvalue weighted by atomic mass is 9.98. The van der Waals surface area contributed by atoms with Crippen LogP contribution in [0.1, 0.15) is 60.2 Å². The minimum Gasteiger partial charge on any atom is -0.362 e. The summed E-state index contributed by atoms with van der Waals surface area (Å²) in [6.45, 7) is 5.30. The molecule has 0 bridgehead atoms. The number of carbonyl (C=O) groups excluding carboxylic acids is 2. The van der Waals surface area contributed by atoms with Crippen molar-refractivity contribution in [2.24, 2.45) is 5.73 Å². The standard InChI is InChI=1S/C21H21ClN8O.C15H19N5O.C6H3Cl2N3/c1-14-6-7-15(27-19-20-24-12-18(22)28(20)11-10-23-19)13-29(14)21(31)16-4-2-3-5-17(16)30-25-8-9-26-30;1-11-6-7-12(16)10-19(11)15(21)13-4-2-3-5-14(13)20-17-8-9-18-20;7-4-3-10-6-5(8)9-1-2-11(4)6/h2-5,8-12,14-15H,6-7,13H2,1H3,(H,23,27);2-5,8-9,11-12H,6-7,10,16H2,1H3;1-3H/t14-,15-;11-,12-;/m11./s1. The molecule has 10 rings (SSSR count). The molecule has 0 radical (unpaired) electrons. The summed E-state index contributed by atoms with van der Waals surface area (Å²) in [7, 11) is 0. The molecule has 3 N–H and O–H groups in total. The van der Waals surface area contributed by atoms with Crippen molar-refractivity contribution in [1.82, 2.24) is 68.5 Å². The monoisotopic (exact) mass is 908 g/mol. The third-order valence-corrected chi connectivity index (χ3v) is 11.7. The minimum atomic E-state index is -0.0399. The summed E-state index contributed by atoms with van der Waals surface area (Å²) in [5.74, 6) is 0.606. The van der Waals surface area contributed by atoms with E-state index in [1.165, 1.54) is 15.8 Å². The van der Waals surface area contributed by atoms with E-state index in [1.54, 1.807) is 64.6 Å². The van der Waals surface area contributed by atoms with Gasteiger partial charge in [0.15, 0.2) is 22.3 Å². The molecule has 324 valence electrons. The van der Waals surface area contributed by atoms with E-state index in [0.717, 1.165) is 25.7 Å². The summed E-state index contributed by atoms with van der Waals surface area (Å²) in [5, 5.41) is 21.5. The minimum absolute atomic E-state index is 0.00875. The first-order valence-electron chi connectivity index (χ1n) is 20.2. The molecule has 0 aliphatic carbocycles. The molecule has 2 amide bonds. The van der Waals surface area contributed by atoms with Crippen molar-refractivity contribution in [3.63, 3.8) is 0 Å². The van der Waals surface area contributed by atoms with Gasteiger partial charge in [0, 0.05) is 62.0 Å². The van der Waals surface area contributed by atoms with E-state index in [1.807, 2.05) is 58.3 Å². The van der Waals surface area contributed by atoms with Gasteiger partial charge >= 0.3 is 0 Å². The molecule has 8 heterocycles. The molecule has 0 saturated carbocycles. The van der Waals surface area contributed by atoms with Crippen LogP contribution < -0.4 is 11.1 Å². The Morgan fingerprint density at radius 1 is 0.619 bits per heavy atom. The molecule has 0 spiro atoms.